The van der Waals surface area contributed by atoms with Gasteiger partial charge in [0.05, 0.1) is 14.2 Å². The van der Waals surface area contributed by atoms with Crippen LogP contribution >= 0.6 is 0 Å². The Balaban J connectivity index is 2.06. The number of hydrogen-bond acceptors (Lipinski definition) is 3. The smallest absolute Gasteiger partial charge is 0.248 e. The van der Waals surface area contributed by atoms with E-state index < -0.39 is 0 Å². The number of methoxy groups -OCH3 is 2. The van der Waals surface area contributed by atoms with Gasteiger partial charge in [0.1, 0.15) is 11.5 Å². The van der Waals surface area contributed by atoms with E-state index in [1.807, 2.05) is 30.3 Å². The minimum Gasteiger partial charge on any atom is -0.497 e. The molecule has 1 amide bonds. The molecule has 1 atom stereocenters. The summed E-state index contributed by atoms with van der Waals surface area (Å²) in [7, 11) is 3.20. The second-order valence-electron chi connectivity index (χ2n) is 5.86. The summed E-state index contributed by atoms with van der Waals surface area (Å²) in [6.07, 6.45) is 4.29. The average molecular weight is 339 g/mol. The van der Waals surface area contributed by atoms with Gasteiger partial charge in [0.25, 0.3) is 0 Å². The third kappa shape index (κ3) is 5.11. The van der Waals surface area contributed by atoms with E-state index in [0.29, 0.717) is 17.4 Å². The molecule has 0 aromatic heterocycles. The van der Waals surface area contributed by atoms with E-state index in [4.69, 9.17) is 9.47 Å². The molecule has 0 aliphatic heterocycles. The number of ether oxygens (including phenoxy) is 2. The van der Waals surface area contributed by atoms with Crippen LogP contribution in [0, 0.1) is 0 Å². The summed E-state index contributed by atoms with van der Waals surface area (Å²) >= 11 is 0. The van der Waals surface area contributed by atoms with Gasteiger partial charge in [-0.2, -0.15) is 0 Å². The molecule has 0 radical (unpaired) electrons. The zero-order valence-electron chi connectivity index (χ0n) is 15.2. The maximum atomic E-state index is 12.1. The van der Waals surface area contributed by atoms with Crippen molar-refractivity contribution in [2.24, 2.45) is 0 Å². The summed E-state index contributed by atoms with van der Waals surface area (Å²) in [5.41, 5.74) is 2.83. The molecule has 0 heterocycles. The van der Waals surface area contributed by atoms with Crippen LogP contribution in [0.3, 0.4) is 0 Å². The summed E-state index contributed by atoms with van der Waals surface area (Å²) in [5, 5.41) is 2.86. The van der Waals surface area contributed by atoms with Gasteiger partial charge in [-0.3, -0.25) is 4.79 Å². The fraction of sp³-hybridized carbons (Fsp3) is 0.286. The third-order valence-electron chi connectivity index (χ3n) is 4.21. The molecule has 0 saturated heterocycles. The van der Waals surface area contributed by atoms with E-state index in [9.17, 15) is 4.79 Å². The maximum Gasteiger partial charge on any atom is 0.248 e. The van der Waals surface area contributed by atoms with E-state index in [2.05, 4.69) is 31.3 Å². The highest BCUT2D eigenvalue weighted by atomic mass is 16.5. The van der Waals surface area contributed by atoms with Crippen LogP contribution in [-0.2, 0) is 4.79 Å². The fourth-order valence-corrected chi connectivity index (χ4v) is 2.45. The molecule has 132 valence electrons. The van der Waals surface area contributed by atoms with E-state index in [0.717, 1.165) is 17.7 Å². The SMILES string of the molecule is CC[C@H](C)c1ccc(NC(=O)/C=C/c2cc(OC)ccc2OC)cc1. The van der Waals surface area contributed by atoms with Crippen molar-refractivity contribution in [3.63, 3.8) is 0 Å². The second-order valence-corrected chi connectivity index (χ2v) is 5.86. The number of hydrogen-bond donors (Lipinski definition) is 1. The molecule has 2 aromatic rings. The molecule has 2 aromatic carbocycles. The Morgan fingerprint density at radius 1 is 1.12 bits per heavy atom. The molecule has 0 saturated carbocycles. The van der Waals surface area contributed by atoms with E-state index >= 15 is 0 Å². The zero-order valence-corrected chi connectivity index (χ0v) is 15.2. The van der Waals surface area contributed by atoms with Crippen molar-refractivity contribution in [3.05, 3.63) is 59.7 Å². The zero-order chi connectivity index (χ0) is 18.2. The number of carbonyl (C=O) groups excluding carboxylic acids is 1. The Morgan fingerprint density at radius 3 is 2.44 bits per heavy atom. The lowest BCUT2D eigenvalue weighted by atomic mass is 9.99. The molecular formula is C21H25NO3. The lowest BCUT2D eigenvalue weighted by Crippen LogP contribution is -2.07. The third-order valence-corrected chi connectivity index (χ3v) is 4.21. The number of rotatable bonds is 7. The van der Waals surface area contributed by atoms with Gasteiger partial charge in [-0.1, -0.05) is 26.0 Å². The van der Waals surface area contributed by atoms with Gasteiger partial charge in [-0.05, 0) is 54.3 Å². The van der Waals surface area contributed by atoms with Crippen molar-refractivity contribution in [1.82, 2.24) is 0 Å². The number of anilines is 1. The van der Waals surface area contributed by atoms with E-state index in [1.54, 1.807) is 20.3 Å². The van der Waals surface area contributed by atoms with E-state index in [1.165, 1.54) is 11.6 Å². The van der Waals surface area contributed by atoms with Gasteiger partial charge >= 0.3 is 0 Å². The van der Waals surface area contributed by atoms with Crippen molar-refractivity contribution in [2.75, 3.05) is 19.5 Å². The van der Waals surface area contributed by atoms with Gasteiger partial charge in [0, 0.05) is 17.3 Å². The van der Waals surface area contributed by atoms with Crippen molar-refractivity contribution in [3.8, 4) is 11.5 Å². The lowest BCUT2D eigenvalue weighted by molar-refractivity contribution is -0.111. The van der Waals surface area contributed by atoms with Crippen molar-refractivity contribution in [2.45, 2.75) is 26.2 Å². The van der Waals surface area contributed by atoms with Crippen LogP contribution in [-0.4, -0.2) is 20.1 Å². The molecule has 0 aliphatic rings. The maximum absolute atomic E-state index is 12.1. The molecule has 0 bridgehead atoms. The number of carbonyl (C=O) groups is 1. The number of amides is 1. The Labute approximate surface area is 149 Å². The minimum atomic E-state index is -0.193. The molecule has 1 N–H and O–H groups in total. The Kier molecular flexibility index (Phi) is 6.63. The van der Waals surface area contributed by atoms with E-state index in [-0.39, 0.29) is 5.91 Å². The lowest BCUT2D eigenvalue weighted by Gasteiger charge is -2.10. The average Bonchev–Trinajstić information content (AvgIpc) is 2.66. The summed E-state index contributed by atoms with van der Waals surface area (Å²) in [6, 6.07) is 13.4. The normalized spacial score (nSPS) is 12.0. The van der Waals surface area contributed by atoms with Crippen LogP contribution in [0.5, 0.6) is 11.5 Å². The predicted molar refractivity (Wildman–Crippen MR) is 102 cm³/mol. The first-order valence-electron chi connectivity index (χ1n) is 8.38. The van der Waals surface area contributed by atoms with Crippen molar-refractivity contribution < 1.29 is 14.3 Å². The highest BCUT2D eigenvalue weighted by Crippen LogP contribution is 2.25. The van der Waals surface area contributed by atoms with Crippen LogP contribution in [0.15, 0.2) is 48.5 Å². The molecule has 4 heteroatoms. The molecule has 25 heavy (non-hydrogen) atoms. The molecular weight excluding hydrogens is 314 g/mol. The second kappa shape index (κ2) is 8.92. The first kappa shape index (κ1) is 18.6. The van der Waals surface area contributed by atoms with Crippen LogP contribution in [0.25, 0.3) is 6.08 Å². The Hall–Kier alpha value is -2.75. The van der Waals surface area contributed by atoms with Crippen LogP contribution in [0.4, 0.5) is 5.69 Å². The van der Waals surface area contributed by atoms with Crippen molar-refractivity contribution in [1.29, 1.82) is 0 Å². The van der Waals surface area contributed by atoms with Gasteiger partial charge in [-0.25, -0.2) is 0 Å². The molecule has 0 aliphatic carbocycles. The molecule has 0 spiro atoms. The van der Waals surface area contributed by atoms with Crippen LogP contribution in [0.1, 0.15) is 37.3 Å². The minimum absolute atomic E-state index is 0.193. The highest BCUT2D eigenvalue weighted by molar-refractivity contribution is 6.02. The highest BCUT2D eigenvalue weighted by Gasteiger charge is 2.05. The fourth-order valence-electron chi connectivity index (χ4n) is 2.45. The first-order valence-corrected chi connectivity index (χ1v) is 8.38. The summed E-state index contributed by atoms with van der Waals surface area (Å²) in [6.45, 7) is 4.36. The van der Waals surface area contributed by atoms with Gasteiger partial charge in [0.2, 0.25) is 5.91 Å². The van der Waals surface area contributed by atoms with Crippen molar-refractivity contribution >= 4 is 17.7 Å². The van der Waals surface area contributed by atoms with Gasteiger partial charge < -0.3 is 14.8 Å². The molecule has 2 rings (SSSR count). The van der Waals surface area contributed by atoms with Crippen LogP contribution in [0.2, 0.25) is 0 Å². The summed E-state index contributed by atoms with van der Waals surface area (Å²) in [4.78, 5) is 12.1. The summed E-state index contributed by atoms with van der Waals surface area (Å²) in [5.74, 6) is 1.72. The standard InChI is InChI=1S/C21H25NO3/c1-5-15(2)16-6-9-18(10-7-16)22-21(23)13-8-17-14-19(24-3)11-12-20(17)25-4/h6-15H,5H2,1-4H3,(H,22,23)/b13-8+/t15-/m0/s1. The Morgan fingerprint density at radius 2 is 1.84 bits per heavy atom. The largest absolute Gasteiger partial charge is 0.497 e. The van der Waals surface area contributed by atoms with Gasteiger partial charge in [0.15, 0.2) is 0 Å². The quantitative estimate of drug-likeness (QED) is 0.732. The monoisotopic (exact) mass is 339 g/mol. The predicted octanol–water partition coefficient (Wildman–Crippen LogP) is 4.87. The molecule has 0 fully saturated rings. The van der Waals surface area contributed by atoms with Gasteiger partial charge in [-0.15, -0.1) is 0 Å². The van der Waals surface area contributed by atoms with Crippen LogP contribution < -0.4 is 14.8 Å². The summed E-state index contributed by atoms with van der Waals surface area (Å²) < 4.78 is 10.5. The molecule has 0 unspecified atom stereocenters. The topological polar surface area (TPSA) is 47.6 Å². The molecule has 4 nitrogen and oxygen atoms in total. The number of benzene rings is 2. The number of nitrogens with one attached hydrogen (secondary N) is 1. The Bertz CT molecular complexity index is 735. The first-order chi connectivity index (χ1) is 12.1.